The van der Waals surface area contributed by atoms with Crippen LogP contribution in [-0.4, -0.2) is 53.9 Å². The van der Waals surface area contributed by atoms with Gasteiger partial charge in [0.05, 0.1) is 29.6 Å². The summed E-state index contributed by atoms with van der Waals surface area (Å²) in [5, 5.41) is 9.96. The molecule has 122 valence electrons. The van der Waals surface area contributed by atoms with E-state index in [-0.39, 0.29) is 5.69 Å². The third kappa shape index (κ3) is 2.85. The van der Waals surface area contributed by atoms with Crippen LogP contribution in [0.15, 0.2) is 17.1 Å². The Labute approximate surface area is 144 Å². The van der Waals surface area contributed by atoms with Crippen LogP contribution in [-0.2, 0) is 9.47 Å². The fraction of sp³-hybridized carbons (Fsp3) is 0.357. The first-order valence-corrected chi connectivity index (χ1v) is 7.96. The molecule has 3 rings (SSSR count). The molecule has 1 saturated heterocycles. The van der Waals surface area contributed by atoms with Crippen molar-refractivity contribution in [2.45, 2.75) is 0 Å². The number of hydrogen-bond donors (Lipinski definition) is 1. The number of anilines is 1. The number of aromatic nitrogens is 2. The summed E-state index contributed by atoms with van der Waals surface area (Å²) < 4.78 is 11.8. The summed E-state index contributed by atoms with van der Waals surface area (Å²) in [6.45, 7) is 2.68. The lowest BCUT2D eigenvalue weighted by Crippen LogP contribution is -2.36. The lowest BCUT2D eigenvalue weighted by molar-refractivity contribution is 0.0590. The number of fused-ring (bicyclic) bond motifs is 1. The number of hydrogen-bond acceptors (Lipinski definition) is 7. The summed E-state index contributed by atoms with van der Waals surface area (Å²) in [4.78, 5) is 30.2. The lowest BCUT2D eigenvalue weighted by atomic mass is 10.3. The number of morpholine rings is 1. The molecule has 0 amide bonds. The van der Waals surface area contributed by atoms with Crippen LogP contribution in [0.2, 0.25) is 0 Å². The molecule has 23 heavy (non-hydrogen) atoms. The highest BCUT2D eigenvalue weighted by Crippen LogP contribution is 2.23. The van der Waals surface area contributed by atoms with Crippen molar-refractivity contribution < 1.29 is 19.4 Å². The molecule has 1 fully saturated rings. The van der Waals surface area contributed by atoms with Crippen LogP contribution in [0, 0.1) is 3.57 Å². The summed E-state index contributed by atoms with van der Waals surface area (Å²) in [6.07, 6.45) is 1.61. The van der Waals surface area contributed by atoms with Crippen molar-refractivity contribution in [3.05, 3.63) is 31.9 Å². The third-order valence-electron chi connectivity index (χ3n) is 3.60. The predicted octanol–water partition coefficient (Wildman–Crippen LogP) is 0.628. The van der Waals surface area contributed by atoms with E-state index in [2.05, 4.69) is 14.6 Å². The molecule has 0 saturated carbocycles. The minimum Gasteiger partial charge on any atom is -0.501 e. The molecule has 3 heterocycles. The van der Waals surface area contributed by atoms with Gasteiger partial charge in [-0.3, -0.25) is 9.20 Å². The number of nitrogens with zero attached hydrogens (tertiary/aromatic N) is 3. The molecule has 2 aromatic rings. The second-order valence-electron chi connectivity index (χ2n) is 4.95. The Balaban J connectivity index is 2.19. The van der Waals surface area contributed by atoms with Gasteiger partial charge in [0.25, 0.3) is 0 Å². The summed E-state index contributed by atoms with van der Waals surface area (Å²) >= 11 is 2.05. The average molecular weight is 431 g/mol. The maximum absolute atomic E-state index is 12.4. The molecule has 0 unspecified atom stereocenters. The monoisotopic (exact) mass is 431 g/mol. The number of ether oxygens (including phenoxy) is 2. The van der Waals surface area contributed by atoms with Gasteiger partial charge in [-0.25, -0.2) is 9.78 Å². The van der Waals surface area contributed by atoms with Crippen molar-refractivity contribution >= 4 is 39.9 Å². The van der Waals surface area contributed by atoms with Crippen LogP contribution < -0.4 is 10.5 Å². The second kappa shape index (κ2) is 6.32. The van der Waals surface area contributed by atoms with Gasteiger partial charge in [0, 0.05) is 19.3 Å². The zero-order valence-electron chi connectivity index (χ0n) is 12.3. The van der Waals surface area contributed by atoms with E-state index < -0.39 is 17.3 Å². The standard InChI is InChI=1S/C14H14IN3O5/c1-22-14(21)10-11(19)13(20)18-7-8(6-9(15)12(18)16-10)17-2-4-23-5-3-17/h6-7,19H,2-5H2,1H3. The maximum Gasteiger partial charge on any atom is 0.360 e. The molecule has 0 aliphatic carbocycles. The quantitative estimate of drug-likeness (QED) is 0.551. The molecule has 1 N–H and O–H groups in total. The van der Waals surface area contributed by atoms with Gasteiger partial charge in [0.1, 0.15) is 0 Å². The number of carbonyl (C=O) groups excluding carboxylic acids is 1. The van der Waals surface area contributed by atoms with E-state index in [4.69, 9.17) is 4.74 Å². The zero-order chi connectivity index (χ0) is 16.6. The van der Waals surface area contributed by atoms with Crippen LogP contribution in [0.1, 0.15) is 10.5 Å². The topological polar surface area (TPSA) is 93.4 Å². The molecule has 0 aromatic carbocycles. The Morgan fingerprint density at radius 3 is 2.78 bits per heavy atom. The minimum atomic E-state index is -0.852. The van der Waals surface area contributed by atoms with Gasteiger partial charge in [-0.1, -0.05) is 0 Å². The smallest absolute Gasteiger partial charge is 0.360 e. The van der Waals surface area contributed by atoms with Crippen molar-refractivity contribution in [1.29, 1.82) is 0 Å². The predicted molar refractivity (Wildman–Crippen MR) is 90.2 cm³/mol. The number of pyridine rings is 1. The van der Waals surface area contributed by atoms with E-state index in [1.165, 1.54) is 4.40 Å². The van der Waals surface area contributed by atoms with Crippen LogP contribution in [0.5, 0.6) is 5.75 Å². The largest absolute Gasteiger partial charge is 0.501 e. The molecule has 2 aromatic heterocycles. The summed E-state index contributed by atoms with van der Waals surface area (Å²) in [7, 11) is 1.16. The van der Waals surface area contributed by atoms with Crippen LogP contribution in [0.4, 0.5) is 5.69 Å². The van der Waals surface area contributed by atoms with Gasteiger partial charge in [0.2, 0.25) is 5.75 Å². The van der Waals surface area contributed by atoms with E-state index in [9.17, 15) is 14.7 Å². The first kappa shape index (κ1) is 16.0. The normalized spacial score (nSPS) is 15.0. The molecule has 8 nitrogen and oxygen atoms in total. The highest BCUT2D eigenvalue weighted by molar-refractivity contribution is 14.1. The van der Waals surface area contributed by atoms with E-state index in [0.29, 0.717) is 22.4 Å². The van der Waals surface area contributed by atoms with E-state index >= 15 is 0 Å². The molecule has 0 radical (unpaired) electrons. The highest BCUT2D eigenvalue weighted by Gasteiger charge is 2.21. The van der Waals surface area contributed by atoms with Crippen molar-refractivity contribution in [2.24, 2.45) is 0 Å². The van der Waals surface area contributed by atoms with Gasteiger partial charge < -0.3 is 19.5 Å². The van der Waals surface area contributed by atoms with Crippen LogP contribution >= 0.6 is 22.6 Å². The molecular formula is C14H14IN3O5. The van der Waals surface area contributed by atoms with Crippen LogP contribution in [0.25, 0.3) is 5.65 Å². The molecule has 0 spiro atoms. The summed E-state index contributed by atoms with van der Waals surface area (Å²) in [5.41, 5.74) is 0.0445. The zero-order valence-corrected chi connectivity index (χ0v) is 14.4. The van der Waals surface area contributed by atoms with Crippen molar-refractivity contribution in [3.63, 3.8) is 0 Å². The van der Waals surface area contributed by atoms with Crippen molar-refractivity contribution in [1.82, 2.24) is 9.38 Å². The van der Waals surface area contributed by atoms with Crippen molar-refractivity contribution in [2.75, 3.05) is 38.3 Å². The number of esters is 1. The average Bonchev–Trinajstić information content (AvgIpc) is 2.58. The van der Waals surface area contributed by atoms with E-state index in [1.54, 1.807) is 6.20 Å². The lowest BCUT2D eigenvalue weighted by Gasteiger charge is -2.29. The third-order valence-corrected chi connectivity index (χ3v) is 4.39. The number of carbonyl (C=O) groups is 1. The maximum atomic E-state index is 12.4. The molecule has 1 aliphatic rings. The SMILES string of the molecule is COC(=O)c1nc2c(I)cc(N3CCOCC3)cn2c(=O)c1O. The fourth-order valence-electron chi connectivity index (χ4n) is 2.41. The first-order chi connectivity index (χ1) is 11.0. The minimum absolute atomic E-state index is 0.297. The Kier molecular flexibility index (Phi) is 4.39. The number of rotatable bonds is 2. The van der Waals surface area contributed by atoms with Crippen molar-refractivity contribution in [3.8, 4) is 5.75 Å². The van der Waals surface area contributed by atoms with Gasteiger partial charge >= 0.3 is 11.5 Å². The van der Waals surface area contributed by atoms with Gasteiger partial charge in [0.15, 0.2) is 11.3 Å². The number of aromatic hydroxyl groups is 1. The van der Waals surface area contributed by atoms with Gasteiger partial charge in [-0.2, -0.15) is 0 Å². The number of halogens is 1. The molecule has 1 aliphatic heterocycles. The fourth-order valence-corrected chi connectivity index (χ4v) is 3.11. The van der Waals surface area contributed by atoms with Crippen LogP contribution in [0.3, 0.4) is 0 Å². The molecule has 0 bridgehead atoms. The number of methoxy groups -OCH3 is 1. The highest BCUT2D eigenvalue weighted by atomic mass is 127. The summed E-state index contributed by atoms with van der Waals surface area (Å²) in [6, 6.07) is 1.88. The molecular weight excluding hydrogens is 417 g/mol. The van der Waals surface area contributed by atoms with Gasteiger partial charge in [-0.15, -0.1) is 0 Å². The van der Waals surface area contributed by atoms with E-state index in [0.717, 1.165) is 25.9 Å². The summed E-state index contributed by atoms with van der Waals surface area (Å²) in [5.74, 6) is -1.57. The Bertz CT molecular complexity index is 829. The van der Waals surface area contributed by atoms with E-state index in [1.807, 2.05) is 28.7 Å². The molecule has 0 atom stereocenters. The second-order valence-corrected chi connectivity index (χ2v) is 6.11. The Morgan fingerprint density at radius 1 is 1.43 bits per heavy atom. The first-order valence-electron chi connectivity index (χ1n) is 6.89. The Morgan fingerprint density at radius 2 is 2.13 bits per heavy atom. The van der Waals surface area contributed by atoms with Gasteiger partial charge in [-0.05, 0) is 28.7 Å². The molecule has 9 heteroatoms. The Hall–Kier alpha value is -1.88.